The Bertz CT molecular complexity index is 505. The quantitative estimate of drug-likeness (QED) is 0.879. The van der Waals surface area contributed by atoms with Crippen molar-refractivity contribution in [1.29, 1.82) is 0 Å². The fourth-order valence-corrected chi connectivity index (χ4v) is 2.26. The predicted molar refractivity (Wildman–Crippen MR) is 70.1 cm³/mol. The number of aromatic carboxylic acids is 1. The Hall–Kier alpha value is -1.69. The normalized spacial score (nSPS) is 19.5. The molecule has 0 atom stereocenters. The molecule has 104 valence electrons. The summed E-state index contributed by atoms with van der Waals surface area (Å²) in [6.07, 6.45) is 1.06. The molecule has 0 radical (unpaired) electrons. The first-order chi connectivity index (χ1) is 8.81. The number of likely N-dealkylation sites (N-methyl/N-ethyl adjacent to an activating group) is 1. The van der Waals surface area contributed by atoms with Crippen molar-refractivity contribution in [3.63, 3.8) is 0 Å². The lowest BCUT2D eigenvalue weighted by Crippen LogP contribution is -2.58. The number of aromatic nitrogens is 1. The first-order valence-electron chi connectivity index (χ1n) is 6.16. The molecule has 6 heteroatoms. The van der Waals surface area contributed by atoms with Gasteiger partial charge in [-0.2, -0.15) is 0 Å². The van der Waals surface area contributed by atoms with Crippen molar-refractivity contribution in [3.05, 3.63) is 23.6 Å². The van der Waals surface area contributed by atoms with Gasteiger partial charge in [0.05, 0.1) is 6.20 Å². The van der Waals surface area contributed by atoms with Gasteiger partial charge in [0.25, 0.3) is 0 Å². The zero-order chi connectivity index (χ0) is 14.2. The minimum absolute atomic E-state index is 0.0793. The first kappa shape index (κ1) is 13.7. The Morgan fingerprint density at radius 2 is 2.16 bits per heavy atom. The van der Waals surface area contributed by atoms with Crippen LogP contribution in [0.25, 0.3) is 0 Å². The molecule has 2 heterocycles. The van der Waals surface area contributed by atoms with Crippen LogP contribution in [0.1, 0.15) is 24.2 Å². The molecule has 0 bridgehead atoms. The fourth-order valence-electron chi connectivity index (χ4n) is 2.26. The number of rotatable bonds is 2. The molecule has 19 heavy (non-hydrogen) atoms. The summed E-state index contributed by atoms with van der Waals surface area (Å²) in [6, 6.07) is 1.02. The molecule has 0 spiro atoms. The van der Waals surface area contributed by atoms with Gasteiger partial charge in [0.15, 0.2) is 0 Å². The van der Waals surface area contributed by atoms with E-state index >= 15 is 0 Å². The van der Waals surface area contributed by atoms with Gasteiger partial charge < -0.3 is 10.0 Å². The van der Waals surface area contributed by atoms with E-state index in [1.807, 2.05) is 11.9 Å². The third kappa shape index (κ3) is 2.68. The molecule has 2 rings (SSSR count). The number of pyridine rings is 1. The highest BCUT2D eigenvalue weighted by Crippen LogP contribution is 2.25. The molecule has 0 aromatic carbocycles. The summed E-state index contributed by atoms with van der Waals surface area (Å²) < 4.78 is 13.1. The molecule has 5 nitrogen and oxygen atoms in total. The van der Waals surface area contributed by atoms with Crippen LogP contribution in [0.2, 0.25) is 0 Å². The average molecular weight is 267 g/mol. The minimum Gasteiger partial charge on any atom is -0.478 e. The van der Waals surface area contributed by atoms with Crippen LogP contribution in [-0.2, 0) is 0 Å². The number of carboxylic acids is 1. The van der Waals surface area contributed by atoms with Gasteiger partial charge in [-0.1, -0.05) is 0 Å². The van der Waals surface area contributed by atoms with Gasteiger partial charge in [-0.05, 0) is 27.0 Å². The largest absolute Gasteiger partial charge is 0.478 e. The summed E-state index contributed by atoms with van der Waals surface area (Å²) in [5, 5.41) is 9.16. The standard InChI is InChI=1S/C13H18FN3O2/c1-13(2)8-17(5-4-16(13)3)11-10(12(18)19)6-9(14)7-15-11/h6-7H,4-5,8H2,1-3H3,(H,18,19). The monoisotopic (exact) mass is 267 g/mol. The third-order valence-corrected chi connectivity index (χ3v) is 3.68. The van der Waals surface area contributed by atoms with E-state index in [1.165, 1.54) is 0 Å². The van der Waals surface area contributed by atoms with Gasteiger partial charge in [-0.3, -0.25) is 4.90 Å². The molecule has 1 aliphatic rings. The van der Waals surface area contributed by atoms with Crippen LogP contribution in [0, 0.1) is 5.82 Å². The van der Waals surface area contributed by atoms with Gasteiger partial charge in [0.2, 0.25) is 0 Å². The van der Waals surface area contributed by atoms with Crippen molar-refractivity contribution >= 4 is 11.8 Å². The zero-order valence-electron chi connectivity index (χ0n) is 11.4. The van der Waals surface area contributed by atoms with Crippen LogP contribution in [0.4, 0.5) is 10.2 Å². The highest BCUT2D eigenvalue weighted by atomic mass is 19.1. The average Bonchev–Trinajstić information content (AvgIpc) is 2.32. The number of carboxylic acid groups (broad SMARTS) is 1. The van der Waals surface area contributed by atoms with Crippen molar-refractivity contribution in [2.45, 2.75) is 19.4 Å². The van der Waals surface area contributed by atoms with Gasteiger partial charge >= 0.3 is 5.97 Å². The molecule has 0 aliphatic carbocycles. The van der Waals surface area contributed by atoms with Crippen LogP contribution in [0.15, 0.2) is 12.3 Å². The Balaban J connectivity index is 2.35. The van der Waals surface area contributed by atoms with E-state index in [2.05, 4.69) is 23.7 Å². The molecular formula is C13H18FN3O2. The summed E-state index contributed by atoms with van der Waals surface area (Å²) in [7, 11) is 2.04. The van der Waals surface area contributed by atoms with E-state index in [0.29, 0.717) is 18.9 Å². The van der Waals surface area contributed by atoms with Crippen LogP contribution < -0.4 is 4.90 Å². The molecule has 0 amide bonds. The number of carbonyl (C=O) groups is 1. The molecule has 1 aromatic rings. The van der Waals surface area contributed by atoms with E-state index < -0.39 is 11.8 Å². The van der Waals surface area contributed by atoms with Crippen molar-refractivity contribution in [2.24, 2.45) is 0 Å². The van der Waals surface area contributed by atoms with Crippen molar-refractivity contribution in [1.82, 2.24) is 9.88 Å². The Morgan fingerprint density at radius 1 is 1.47 bits per heavy atom. The maximum Gasteiger partial charge on any atom is 0.339 e. The van der Waals surface area contributed by atoms with Gasteiger partial charge in [-0.25, -0.2) is 14.2 Å². The Morgan fingerprint density at radius 3 is 2.74 bits per heavy atom. The third-order valence-electron chi connectivity index (χ3n) is 3.68. The molecular weight excluding hydrogens is 249 g/mol. The molecule has 1 N–H and O–H groups in total. The van der Waals surface area contributed by atoms with Gasteiger partial charge in [-0.15, -0.1) is 0 Å². The summed E-state index contributed by atoms with van der Waals surface area (Å²) >= 11 is 0. The molecule has 1 aliphatic heterocycles. The number of anilines is 1. The lowest BCUT2D eigenvalue weighted by molar-refractivity contribution is 0.0695. The second-order valence-corrected chi connectivity index (χ2v) is 5.49. The van der Waals surface area contributed by atoms with Crippen LogP contribution in [-0.4, -0.2) is 53.2 Å². The molecule has 0 saturated carbocycles. The molecule has 1 saturated heterocycles. The first-order valence-corrected chi connectivity index (χ1v) is 6.16. The number of nitrogens with zero attached hydrogens (tertiary/aromatic N) is 3. The topological polar surface area (TPSA) is 56.7 Å². The fraction of sp³-hybridized carbons (Fsp3) is 0.538. The van der Waals surface area contributed by atoms with Crippen LogP contribution >= 0.6 is 0 Å². The second kappa shape index (κ2) is 4.77. The zero-order valence-corrected chi connectivity index (χ0v) is 11.4. The van der Waals surface area contributed by atoms with Crippen molar-refractivity contribution in [3.8, 4) is 0 Å². The number of hydrogen-bond acceptors (Lipinski definition) is 4. The van der Waals surface area contributed by atoms with E-state index in [0.717, 1.165) is 18.8 Å². The van der Waals surface area contributed by atoms with E-state index in [9.17, 15) is 9.18 Å². The Kier molecular flexibility index (Phi) is 3.45. The maximum atomic E-state index is 13.1. The highest BCUT2D eigenvalue weighted by Gasteiger charge is 2.33. The predicted octanol–water partition coefficient (Wildman–Crippen LogP) is 1.45. The number of hydrogen-bond donors (Lipinski definition) is 1. The number of piperazine rings is 1. The number of halogens is 1. The smallest absolute Gasteiger partial charge is 0.339 e. The lowest BCUT2D eigenvalue weighted by atomic mass is 9.99. The van der Waals surface area contributed by atoms with Gasteiger partial charge in [0, 0.05) is 25.2 Å². The lowest BCUT2D eigenvalue weighted by Gasteiger charge is -2.46. The summed E-state index contributed by atoms with van der Waals surface area (Å²) in [5.41, 5.74) is -0.162. The summed E-state index contributed by atoms with van der Waals surface area (Å²) in [4.78, 5) is 19.3. The molecule has 0 unspecified atom stereocenters. The van der Waals surface area contributed by atoms with Gasteiger partial charge in [0.1, 0.15) is 17.2 Å². The van der Waals surface area contributed by atoms with Crippen LogP contribution in [0.5, 0.6) is 0 Å². The van der Waals surface area contributed by atoms with E-state index in [-0.39, 0.29) is 11.1 Å². The Labute approximate surface area is 111 Å². The molecule has 1 fully saturated rings. The van der Waals surface area contributed by atoms with E-state index in [1.54, 1.807) is 0 Å². The van der Waals surface area contributed by atoms with Crippen molar-refractivity contribution < 1.29 is 14.3 Å². The summed E-state index contributed by atoms with van der Waals surface area (Å²) in [6.45, 7) is 6.32. The molecule has 1 aromatic heterocycles. The SMILES string of the molecule is CN1CCN(c2ncc(F)cc2C(=O)O)CC1(C)C. The second-order valence-electron chi connectivity index (χ2n) is 5.49. The van der Waals surface area contributed by atoms with Crippen LogP contribution in [0.3, 0.4) is 0 Å². The van der Waals surface area contributed by atoms with E-state index in [4.69, 9.17) is 5.11 Å². The maximum absolute atomic E-state index is 13.1. The highest BCUT2D eigenvalue weighted by molar-refractivity contribution is 5.93. The van der Waals surface area contributed by atoms with Crippen molar-refractivity contribution in [2.75, 3.05) is 31.6 Å². The summed E-state index contributed by atoms with van der Waals surface area (Å²) in [5.74, 6) is -1.44. The minimum atomic E-state index is -1.15.